The lowest BCUT2D eigenvalue weighted by Gasteiger charge is -2.11. The molecule has 3 rings (SSSR count). The topological polar surface area (TPSA) is 80.2 Å². The van der Waals surface area contributed by atoms with Crippen LogP contribution < -0.4 is 10.0 Å². The van der Waals surface area contributed by atoms with Crippen LogP contribution in [-0.4, -0.2) is 32.0 Å². The second kappa shape index (κ2) is 8.86. The summed E-state index contributed by atoms with van der Waals surface area (Å²) in [6.45, 7) is 2.80. The zero-order valence-electron chi connectivity index (χ0n) is 15.6. The molecule has 0 aliphatic rings. The van der Waals surface area contributed by atoms with Crippen LogP contribution in [0, 0.1) is 6.92 Å². The molecule has 0 fully saturated rings. The van der Waals surface area contributed by atoms with Crippen molar-refractivity contribution in [3.8, 4) is 0 Å². The molecule has 3 aromatic rings. The minimum Gasteiger partial charge on any atom is -0.349 e. The summed E-state index contributed by atoms with van der Waals surface area (Å²) in [4.78, 5) is 12.6. The van der Waals surface area contributed by atoms with E-state index < -0.39 is 10.0 Å². The van der Waals surface area contributed by atoms with Gasteiger partial charge in [-0.15, -0.1) is 0 Å². The third-order valence-electron chi connectivity index (χ3n) is 4.29. The van der Waals surface area contributed by atoms with Gasteiger partial charge in [0.15, 0.2) is 0 Å². The largest absolute Gasteiger partial charge is 0.349 e. The van der Waals surface area contributed by atoms with E-state index in [1.54, 1.807) is 30.3 Å². The highest BCUT2D eigenvalue weighted by molar-refractivity contribution is 7.89. The number of sulfonamides is 1. The molecule has 0 unspecified atom stereocenters. The number of amides is 1. The van der Waals surface area contributed by atoms with Crippen LogP contribution in [0.3, 0.4) is 0 Å². The second-order valence-electron chi connectivity index (χ2n) is 6.47. The predicted molar refractivity (Wildman–Crippen MR) is 109 cm³/mol. The lowest BCUT2D eigenvalue weighted by molar-refractivity contribution is 0.0945. The van der Waals surface area contributed by atoms with Crippen LogP contribution in [0.25, 0.3) is 0 Å². The van der Waals surface area contributed by atoms with E-state index in [-0.39, 0.29) is 23.9 Å². The number of aromatic nitrogens is 1. The Morgan fingerprint density at radius 2 is 1.64 bits per heavy atom. The molecule has 1 aromatic heterocycles. The molecule has 0 aliphatic carbocycles. The van der Waals surface area contributed by atoms with Crippen LogP contribution in [0.15, 0.2) is 77.8 Å². The number of aryl methyl sites for hydroxylation is 1. The SMILES string of the molecule is Cc1ccc(S(=O)(=O)NCCNC(=O)c2cccn2Cc2ccccc2)cc1. The summed E-state index contributed by atoms with van der Waals surface area (Å²) in [5.41, 5.74) is 2.62. The van der Waals surface area contributed by atoms with E-state index in [4.69, 9.17) is 0 Å². The Labute approximate surface area is 165 Å². The molecule has 2 N–H and O–H groups in total. The van der Waals surface area contributed by atoms with Gasteiger partial charge in [0.2, 0.25) is 10.0 Å². The maximum absolute atomic E-state index is 12.4. The molecule has 1 heterocycles. The van der Waals surface area contributed by atoms with Crippen molar-refractivity contribution >= 4 is 15.9 Å². The van der Waals surface area contributed by atoms with Crippen molar-refractivity contribution in [1.29, 1.82) is 0 Å². The molecule has 146 valence electrons. The first-order chi connectivity index (χ1) is 13.5. The summed E-state index contributed by atoms with van der Waals surface area (Å²) in [6.07, 6.45) is 1.85. The van der Waals surface area contributed by atoms with Crippen molar-refractivity contribution in [2.45, 2.75) is 18.4 Å². The number of nitrogens with one attached hydrogen (secondary N) is 2. The van der Waals surface area contributed by atoms with Crippen LogP contribution in [0.1, 0.15) is 21.6 Å². The highest BCUT2D eigenvalue weighted by Crippen LogP contribution is 2.10. The van der Waals surface area contributed by atoms with Crippen LogP contribution in [0.5, 0.6) is 0 Å². The molecule has 6 nitrogen and oxygen atoms in total. The highest BCUT2D eigenvalue weighted by atomic mass is 32.2. The number of nitrogens with zero attached hydrogens (tertiary/aromatic N) is 1. The Hall–Kier alpha value is -2.90. The maximum atomic E-state index is 12.4. The lowest BCUT2D eigenvalue weighted by Crippen LogP contribution is -2.35. The number of benzene rings is 2. The first kappa shape index (κ1) is 19.9. The van der Waals surface area contributed by atoms with E-state index in [2.05, 4.69) is 10.0 Å². The second-order valence-corrected chi connectivity index (χ2v) is 8.24. The molecule has 0 atom stereocenters. The summed E-state index contributed by atoms with van der Waals surface area (Å²) in [7, 11) is -3.58. The van der Waals surface area contributed by atoms with E-state index in [0.717, 1.165) is 11.1 Å². The minimum absolute atomic E-state index is 0.112. The van der Waals surface area contributed by atoms with Gasteiger partial charge in [-0.3, -0.25) is 4.79 Å². The summed E-state index contributed by atoms with van der Waals surface area (Å²) >= 11 is 0. The summed E-state index contributed by atoms with van der Waals surface area (Å²) < 4.78 is 28.9. The van der Waals surface area contributed by atoms with Gasteiger partial charge in [0.25, 0.3) is 5.91 Å². The smallest absolute Gasteiger partial charge is 0.267 e. The molecular formula is C21H23N3O3S. The lowest BCUT2D eigenvalue weighted by atomic mass is 10.2. The molecule has 0 saturated heterocycles. The molecule has 0 aliphatic heterocycles. The van der Waals surface area contributed by atoms with Crippen molar-refractivity contribution in [1.82, 2.24) is 14.6 Å². The fraction of sp³-hybridized carbons (Fsp3) is 0.190. The molecular weight excluding hydrogens is 374 g/mol. The van der Waals surface area contributed by atoms with E-state index in [9.17, 15) is 13.2 Å². The van der Waals surface area contributed by atoms with Gasteiger partial charge in [-0.05, 0) is 36.8 Å². The summed E-state index contributed by atoms with van der Waals surface area (Å²) in [5, 5.41) is 2.76. The van der Waals surface area contributed by atoms with E-state index in [1.807, 2.05) is 54.1 Å². The van der Waals surface area contributed by atoms with Crippen LogP contribution in [0.2, 0.25) is 0 Å². The number of hydrogen-bond acceptors (Lipinski definition) is 3. The van der Waals surface area contributed by atoms with Gasteiger partial charge in [-0.1, -0.05) is 48.0 Å². The number of hydrogen-bond donors (Lipinski definition) is 2. The van der Waals surface area contributed by atoms with Gasteiger partial charge in [0.05, 0.1) is 4.90 Å². The first-order valence-electron chi connectivity index (χ1n) is 8.99. The molecule has 7 heteroatoms. The van der Waals surface area contributed by atoms with E-state index in [1.165, 1.54) is 0 Å². The average molecular weight is 398 g/mol. The number of carbonyl (C=O) groups excluding carboxylic acids is 1. The minimum atomic E-state index is -3.58. The molecule has 1 amide bonds. The Morgan fingerprint density at radius 1 is 0.929 bits per heavy atom. The van der Waals surface area contributed by atoms with Gasteiger partial charge >= 0.3 is 0 Å². The normalized spacial score (nSPS) is 11.3. The highest BCUT2D eigenvalue weighted by Gasteiger charge is 2.14. The van der Waals surface area contributed by atoms with Crippen LogP contribution >= 0.6 is 0 Å². The quantitative estimate of drug-likeness (QED) is 0.573. The van der Waals surface area contributed by atoms with Crippen molar-refractivity contribution in [3.63, 3.8) is 0 Å². The molecule has 0 radical (unpaired) electrons. The fourth-order valence-corrected chi connectivity index (χ4v) is 3.82. The van der Waals surface area contributed by atoms with E-state index in [0.29, 0.717) is 12.2 Å². The van der Waals surface area contributed by atoms with Gasteiger partial charge in [0, 0.05) is 25.8 Å². The van der Waals surface area contributed by atoms with Crippen LogP contribution in [0.4, 0.5) is 0 Å². The molecule has 2 aromatic carbocycles. The summed E-state index contributed by atoms with van der Waals surface area (Å²) in [6, 6.07) is 20.0. The Balaban J connectivity index is 1.52. The fourth-order valence-electron chi connectivity index (χ4n) is 2.79. The predicted octanol–water partition coefficient (Wildman–Crippen LogP) is 2.55. The molecule has 0 spiro atoms. The van der Waals surface area contributed by atoms with Crippen molar-refractivity contribution in [2.75, 3.05) is 13.1 Å². The number of rotatable bonds is 8. The standard InChI is InChI=1S/C21H23N3O3S/c1-17-9-11-19(12-10-17)28(26,27)23-14-13-22-21(25)20-8-5-15-24(20)16-18-6-3-2-4-7-18/h2-12,15,23H,13-14,16H2,1H3,(H,22,25). The molecule has 0 saturated carbocycles. The first-order valence-corrected chi connectivity index (χ1v) is 10.5. The average Bonchev–Trinajstić information content (AvgIpc) is 3.14. The zero-order valence-corrected chi connectivity index (χ0v) is 16.4. The van der Waals surface area contributed by atoms with Crippen molar-refractivity contribution in [2.24, 2.45) is 0 Å². The Morgan fingerprint density at radius 3 is 2.36 bits per heavy atom. The van der Waals surface area contributed by atoms with E-state index >= 15 is 0 Å². The molecule has 0 bridgehead atoms. The number of carbonyl (C=O) groups is 1. The van der Waals surface area contributed by atoms with Gasteiger partial charge in [0.1, 0.15) is 5.69 Å². The Kier molecular flexibility index (Phi) is 6.28. The monoisotopic (exact) mass is 397 g/mol. The zero-order chi connectivity index (χ0) is 20.0. The van der Waals surface area contributed by atoms with Gasteiger partial charge < -0.3 is 9.88 Å². The third kappa shape index (κ3) is 5.09. The maximum Gasteiger partial charge on any atom is 0.267 e. The van der Waals surface area contributed by atoms with Gasteiger partial charge in [-0.2, -0.15) is 0 Å². The Bertz CT molecular complexity index is 1030. The van der Waals surface area contributed by atoms with Crippen LogP contribution in [-0.2, 0) is 16.6 Å². The van der Waals surface area contributed by atoms with Crippen molar-refractivity contribution in [3.05, 3.63) is 89.7 Å². The van der Waals surface area contributed by atoms with Gasteiger partial charge in [-0.25, -0.2) is 13.1 Å². The summed E-state index contributed by atoms with van der Waals surface area (Å²) in [5.74, 6) is -0.240. The third-order valence-corrected chi connectivity index (χ3v) is 5.77. The molecule has 28 heavy (non-hydrogen) atoms. The van der Waals surface area contributed by atoms with Crippen molar-refractivity contribution < 1.29 is 13.2 Å².